The molecule has 1 aromatic heterocycles. The van der Waals surface area contributed by atoms with E-state index in [1.807, 2.05) is 13.8 Å². The number of fused-ring (bicyclic) bond motifs is 1. The highest BCUT2D eigenvalue weighted by Crippen LogP contribution is 2.39. The Bertz CT molecular complexity index is 965. The predicted molar refractivity (Wildman–Crippen MR) is 117 cm³/mol. The molecule has 2 aliphatic heterocycles. The number of nitrogens with zero attached hydrogens (tertiary/aromatic N) is 4. The topological polar surface area (TPSA) is 89.0 Å². The Labute approximate surface area is 186 Å². The van der Waals surface area contributed by atoms with Crippen LogP contribution in [0.15, 0.2) is 24.5 Å². The molecule has 0 spiro atoms. The molecule has 10 heteroatoms. The minimum absolute atomic E-state index is 0.135. The van der Waals surface area contributed by atoms with Gasteiger partial charge in [0, 0.05) is 25.2 Å². The number of ether oxygens (including phenoxy) is 3. The van der Waals surface area contributed by atoms with Crippen LogP contribution < -0.4 is 19.7 Å². The lowest BCUT2D eigenvalue weighted by Crippen LogP contribution is -2.49. The first-order valence-corrected chi connectivity index (χ1v) is 10.8. The summed E-state index contributed by atoms with van der Waals surface area (Å²) in [5.74, 6) is 1.55. The first kappa shape index (κ1) is 21.9. The van der Waals surface area contributed by atoms with Crippen molar-refractivity contribution in [2.24, 2.45) is 0 Å². The third kappa shape index (κ3) is 4.63. The van der Waals surface area contributed by atoms with Crippen LogP contribution in [0.3, 0.4) is 0 Å². The Hall–Kier alpha value is -3.30. The zero-order valence-corrected chi connectivity index (χ0v) is 18.5. The number of hydrogen-bond donors (Lipinski definition) is 1. The van der Waals surface area contributed by atoms with Crippen LogP contribution in [-0.4, -0.2) is 66.5 Å². The predicted octanol–water partition coefficient (Wildman–Crippen LogP) is 3.58. The van der Waals surface area contributed by atoms with Crippen molar-refractivity contribution in [1.82, 2.24) is 14.9 Å². The van der Waals surface area contributed by atoms with E-state index in [9.17, 15) is 9.18 Å². The summed E-state index contributed by atoms with van der Waals surface area (Å²) in [6, 6.07) is 4.78. The molecule has 2 aliphatic rings. The van der Waals surface area contributed by atoms with Gasteiger partial charge in [-0.2, -0.15) is 0 Å². The van der Waals surface area contributed by atoms with E-state index >= 15 is 0 Å². The number of halogens is 1. The maximum Gasteiger partial charge on any atom is 0.410 e. The minimum Gasteiger partial charge on any atom is -0.497 e. The van der Waals surface area contributed by atoms with Crippen molar-refractivity contribution in [2.75, 3.05) is 43.6 Å². The molecule has 0 saturated carbocycles. The Morgan fingerprint density at radius 2 is 2.03 bits per heavy atom. The molecule has 3 heterocycles. The molecule has 1 aromatic carbocycles. The second kappa shape index (κ2) is 9.46. The SMILES string of the molecule is COc1ccc(Nc2ncnc3c2OCCN3C2CCN(C(=O)OC(C)C)CC2)c(F)c1. The average molecular weight is 445 g/mol. The van der Waals surface area contributed by atoms with Gasteiger partial charge in [0.2, 0.25) is 5.75 Å². The van der Waals surface area contributed by atoms with Gasteiger partial charge in [-0.25, -0.2) is 19.2 Å². The lowest BCUT2D eigenvalue weighted by molar-refractivity contribution is 0.0687. The van der Waals surface area contributed by atoms with Crippen molar-refractivity contribution in [3.8, 4) is 11.5 Å². The molecule has 0 unspecified atom stereocenters. The zero-order chi connectivity index (χ0) is 22.7. The highest BCUT2D eigenvalue weighted by molar-refractivity contribution is 5.71. The van der Waals surface area contributed by atoms with Crippen LogP contribution in [0.1, 0.15) is 26.7 Å². The number of hydrogen-bond acceptors (Lipinski definition) is 8. The molecule has 2 aromatic rings. The van der Waals surface area contributed by atoms with Crippen molar-refractivity contribution >= 4 is 23.4 Å². The number of carbonyl (C=O) groups excluding carboxylic acids is 1. The highest BCUT2D eigenvalue weighted by atomic mass is 19.1. The van der Waals surface area contributed by atoms with Gasteiger partial charge in [0.1, 0.15) is 24.5 Å². The molecular formula is C22H28FN5O4. The number of benzene rings is 1. The molecule has 0 radical (unpaired) electrons. The number of nitrogens with one attached hydrogen (secondary N) is 1. The van der Waals surface area contributed by atoms with Crippen molar-refractivity contribution in [1.29, 1.82) is 0 Å². The van der Waals surface area contributed by atoms with E-state index in [1.54, 1.807) is 17.0 Å². The van der Waals surface area contributed by atoms with Gasteiger partial charge < -0.3 is 29.3 Å². The number of anilines is 3. The molecule has 1 saturated heterocycles. The van der Waals surface area contributed by atoms with Crippen LogP contribution in [0, 0.1) is 5.82 Å². The van der Waals surface area contributed by atoms with Gasteiger partial charge in [-0.3, -0.25) is 0 Å². The summed E-state index contributed by atoms with van der Waals surface area (Å²) < 4.78 is 30.7. The van der Waals surface area contributed by atoms with E-state index in [2.05, 4.69) is 20.2 Å². The van der Waals surface area contributed by atoms with Crippen LogP contribution in [0.25, 0.3) is 0 Å². The number of aromatic nitrogens is 2. The fourth-order valence-corrected chi connectivity index (χ4v) is 3.99. The maximum absolute atomic E-state index is 14.4. The molecule has 1 N–H and O–H groups in total. The van der Waals surface area contributed by atoms with E-state index in [-0.39, 0.29) is 23.9 Å². The smallest absolute Gasteiger partial charge is 0.410 e. The third-order valence-corrected chi connectivity index (χ3v) is 5.56. The standard InChI is InChI=1S/C22H28FN5O4/c1-14(2)32-22(29)27-8-6-15(7-9-27)28-10-11-31-19-20(24-13-25-21(19)28)26-18-5-4-16(30-3)12-17(18)23/h4-5,12-15H,6-11H2,1-3H3,(H,24,25,26). The fourth-order valence-electron chi connectivity index (χ4n) is 3.99. The average Bonchev–Trinajstić information content (AvgIpc) is 2.80. The minimum atomic E-state index is -0.454. The van der Waals surface area contributed by atoms with Gasteiger partial charge in [0.25, 0.3) is 0 Å². The van der Waals surface area contributed by atoms with Crippen LogP contribution in [0.4, 0.5) is 26.5 Å². The van der Waals surface area contributed by atoms with Crippen molar-refractivity contribution in [2.45, 2.75) is 38.8 Å². The molecule has 9 nitrogen and oxygen atoms in total. The largest absolute Gasteiger partial charge is 0.497 e. The van der Waals surface area contributed by atoms with E-state index in [0.717, 1.165) is 12.8 Å². The van der Waals surface area contributed by atoms with Gasteiger partial charge in [-0.15, -0.1) is 0 Å². The zero-order valence-electron chi connectivity index (χ0n) is 18.5. The summed E-state index contributed by atoms with van der Waals surface area (Å²) in [4.78, 5) is 24.8. The van der Waals surface area contributed by atoms with Crippen LogP contribution in [0.2, 0.25) is 0 Å². The molecule has 172 valence electrons. The van der Waals surface area contributed by atoms with Gasteiger partial charge in [0.05, 0.1) is 25.4 Å². The number of piperidine rings is 1. The van der Waals surface area contributed by atoms with Crippen LogP contribution in [0.5, 0.6) is 11.5 Å². The molecule has 1 amide bonds. The number of carbonyl (C=O) groups is 1. The second-order valence-electron chi connectivity index (χ2n) is 8.04. The summed E-state index contributed by atoms with van der Waals surface area (Å²) in [6.45, 7) is 6.08. The Morgan fingerprint density at radius 3 is 2.72 bits per heavy atom. The van der Waals surface area contributed by atoms with E-state index in [0.29, 0.717) is 49.4 Å². The number of likely N-dealkylation sites (tertiary alicyclic amines) is 1. The molecule has 0 atom stereocenters. The summed E-state index contributed by atoms with van der Waals surface area (Å²) in [5, 5.41) is 3.01. The summed E-state index contributed by atoms with van der Waals surface area (Å²) in [7, 11) is 1.49. The van der Waals surface area contributed by atoms with Crippen LogP contribution >= 0.6 is 0 Å². The fraction of sp³-hybridized carbons (Fsp3) is 0.500. The molecule has 1 fully saturated rings. The van der Waals surface area contributed by atoms with Gasteiger partial charge in [0.15, 0.2) is 11.6 Å². The van der Waals surface area contributed by atoms with Crippen molar-refractivity contribution in [3.63, 3.8) is 0 Å². The quantitative estimate of drug-likeness (QED) is 0.747. The van der Waals surface area contributed by atoms with Gasteiger partial charge in [-0.1, -0.05) is 0 Å². The highest BCUT2D eigenvalue weighted by Gasteiger charge is 2.33. The van der Waals surface area contributed by atoms with E-state index < -0.39 is 5.82 Å². The normalized spacial score (nSPS) is 16.4. The van der Waals surface area contributed by atoms with Crippen molar-refractivity contribution < 1.29 is 23.4 Å². The third-order valence-electron chi connectivity index (χ3n) is 5.56. The van der Waals surface area contributed by atoms with Crippen LogP contribution in [-0.2, 0) is 4.74 Å². The Balaban J connectivity index is 1.49. The molecule has 4 rings (SSSR count). The van der Waals surface area contributed by atoms with E-state index in [4.69, 9.17) is 14.2 Å². The lowest BCUT2D eigenvalue weighted by atomic mass is 10.0. The number of amides is 1. The molecule has 32 heavy (non-hydrogen) atoms. The summed E-state index contributed by atoms with van der Waals surface area (Å²) in [5.41, 5.74) is 0.268. The molecule has 0 bridgehead atoms. The van der Waals surface area contributed by atoms with Gasteiger partial charge in [-0.05, 0) is 38.8 Å². The Morgan fingerprint density at radius 1 is 1.25 bits per heavy atom. The second-order valence-corrected chi connectivity index (χ2v) is 8.04. The van der Waals surface area contributed by atoms with Gasteiger partial charge >= 0.3 is 6.09 Å². The summed E-state index contributed by atoms with van der Waals surface area (Å²) in [6.07, 6.45) is 2.64. The number of rotatable bonds is 5. The first-order valence-electron chi connectivity index (χ1n) is 10.8. The lowest BCUT2D eigenvalue weighted by Gasteiger charge is -2.41. The summed E-state index contributed by atoms with van der Waals surface area (Å²) >= 11 is 0. The number of methoxy groups -OCH3 is 1. The molecule has 0 aliphatic carbocycles. The maximum atomic E-state index is 14.4. The molecular weight excluding hydrogens is 417 g/mol. The Kier molecular flexibility index (Phi) is 6.48. The first-order chi connectivity index (χ1) is 15.5. The monoisotopic (exact) mass is 445 g/mol. The van der Waals surface area contributed by atoms with E-state index in [1.165, 1.54) is 19.5 Å². The van der Waals surface area contributed by atoms with Crippen molar-refractivity contribution in [3.05, 3.63) is 30.3 Å².